The smallest absolute Gasteiger partial charge is 0.0713 e. The summed E-state index contributed by atoms with van der Waals surface area (Å²) in [6.45, 7) is 0. The largest absolute Gasteiger partial charge is 0.310 e. The first kappa shape index (κ1) is 41.2. The highest BCUT2D eigenvalue weighted by atomic mass is 15.1. The molecular formula is C69H47N. The van der Waals surface area contributed by atoms with Gasteiger partial charge in [-0.3, -0.25) is 0 Å². The second kappa shape index (κ2) is 17.2. The molecule has 0 heterocycles. The summed E-state index contributed by atoms with van der Waals surface area (Å²) in [5, 5.41) is 5.01. The molecule has 12 aromatic carbocycles. The first-order valence-corrected chi connectivity index (χ1v) is 24.2. The number of hydrogen-bond donors (Lipinski definition) is 0. The van der Waals surface area contributed by atoms with Crippen LogP contribution in [0.2, 0.25) is 0 Å². The summed E-state index contributed by atoms with van der Waals surface area (Å²) >= 11 is 0. The second-order valence-electron chi connectivity index (χ2n) is 18.3. The van der Waals surface area contributed by atoms with Crippen LogP contribution < -0.4 is 4.90 Å². The van der Waals surface area contributed by atoms with Gasteiger partial charge in [0.1, 0.15) is 0 Å². The molecule has 0 saturated carbocycles. The highest BCUT2D eigenvalue weighted by Crippen LogP contribution is 2.59. The average molecular weight is 890 g/mol. The van der Waals surface area contributed by atoms with E-state index in [2.05, 4.69) is 290 Å². The third kappa shape index (κ3) is 6.78. The molecule has 0 unspecified atom stereocenters. The average Bonchev–Trinajstić information content (AvgIpc) is 3.75. The molecule has 0 N–H and O–H groups in total. The minimum Gasteiger partial charge on any atom is -0.310 e. The van der Waals surface area contributed by atoms with Gasteiger partial charge in [-0.15, -0.1) is 0 Å². The lowest BCUT2D eigenvalue weighted by Gasteiger charge is -2.34. The molecule has 0 aliphatic heterocycles. The molecule has 1 nitrogen and oxygen atoms in total. The molecule has 1 heteroatoms. The molecule has 0 atom stereocenters. The van der Waals surface area contributed by atoms with Crippen LogP contribution in [0.1, 0.15) is 22.3 Å². The van der Waals surface area contributed by atoms with Crippen LogP contribution in [0.5, 0.6) is 0 Å². The summed E-state index contributed by atoms with van der Waals surface area (Å²) in [7, 11) is 0. The van der Waals surface area contributed by atoms with Gasteiger partial charge in [0, 0.05) is 16.9 Å². The van der Waals surface area contributed by atoms with E-state index in [1.54, 1.807) is 0 Å². The quantitative estimate of drug-likeness (QED) is 0.140. The van der Waals surface area contributed by atoms with Crippen LogP contribution in [-0.4, -0.2) is 0 Å². The monoisotopic (exact) mass is 889 g/mol. The van der Waals surface area contributed by atoms with E-state index >= 15 is 0 Å². The highest BCUT2D eigenvalue weighted by Gasteiger charge is 2.47. The maximum Gasteiger partial charge on any atom is 0.0713 e. The molecule has 0 aromatic heterocycles. The number of anilines is 3. The summed E-state index contributed by atoms with van der Waals surface area (Å²) in [4.78, 5) is 2.44. The number of hydrogen-bond acceptors (Lipinski definition) is 1. The molecule has 0 spiro atoms. The van der Waals surface area contributed by atoms with E-state index in [1.165, 1.54) is 93.9 Å². The predicted octanol–water partition coefficient (Wildman–Crippen LogP) is 18.5. The molecule has 0 fully saturated rings. The molecule has 0 amide bonds. The fourth-order valence-corrected chi connectivity index (χ4v) is 11.4. The summed E-state index contributed by atoms with van der Waals surface area (Å²) in [5.74, 6) is 0. The minimum atomic E-state index is -0.501. The number of fused-ring (bicyclic) bond motifs is 5. The lowest BCUT2D eigenvalue weighted by Crippen LogP contribution is -2.28. The Kier molecular flexibility index (Phi) is 10.1. The number of nitrogens with zero attached hydrogens (tertiary/aromatic N) is 1. The van der Waals surface area contributed by atoms with Gasteiger partial charge in [0.15, 0.2) is 0 Å². The second-order valence-corrected chi connectivity index (χ2v) is 18.3. The zero-order valence-electron chi connectivity index (χ0n) is 38.6. The molecule has 0 radical (unpaired) electrons. The van der Waals surface area contributed by atoms with Gasteiger partial charge >= 0.3 is 0 Å². The van der Waals surface area contributed by atoms with Gasteiger partial charge in [0.25, 0.3) is 0 Å². The molecule has 12 aromatic rings. The van der Waals surface area contributed by atoms with Crippen LogP contribution in [0.25, 0.3) is 77.2 Å². The molecule has 328 valence electrons. The zero-order valence-corrected chi connectivity index (χ0v) is 38.6. The van der Waals surface area contributed by atoms with Gasteiger partial charge in [-0.05, 0) is 124 Å². The zero-order chi connectivity index (χ0) is 46.4. The van der Waals surface area contributed by atoms with Crippen LogP contribution in [0.15, 0.2) is 285 Å². The van der Waals surface area contributed by atoms with Crippen LogP contribution in [0, 0.1) is 0 Å². The Morgan fingerprint density at radius 3 is 1.21 bits per heavy atom. The Balaban J connectivity index is 0.962. The van der Waals surface area contributed by atoms with E-state index in [0.717, 1.165) is 22.6 Å². The van der Waals surface area contributed by atoms with Crippen molar-refractivity contribution in [3.8, 4) is 55.6 Å². The summed E-state index contributed by atoms with van der Waals surface area (Å²) in [6, 6.07) is 105. The SMILES string of the molecule is c1ccc(C2(c3ccccc3)c3ccccc3-c3c(-c4ccccc4N(c4ccc(-c5ccc(-c6cccc7ccccc67)cc5)cc4)c4ccc(-c5cccc6ccccc56)cc4)cccc32)cc1. The van der Waals surface area contributed by atoms with Gasteiger partial charge in [-0.25, -0.2) is 0 Å². The van der Waals surface area contributed by atoms with E-state index in [9.17, 15) is 0 Å². The van der Waals surface area contributed by atoms with Crippen molar-refractivity contribution in [3.63, 3.8) is 0 Å². The molecular weight excluding hydrogens is 843 g/mol. The van der Waals surface area contributed by atoms with Crippen molar-refractivity contribution in [1.29, 1.82) is 0 Å². The Bertz CT molecular complexity index is 3800. The third-order valence-corrected chi connectivity index (χ3v) is 14.6. The van der Waals surface area contributed by atoms with Crippen molar-refractivity contribution in [2.45, 2.75) is 5.41 Å². The third-order valence-electron chi connectivity index (χ3n) is 14.6. The van der Waals surface area contributed by atoms with Crippen molar-refractivity contribution in [2.75, 3.05) is 4.90 Å². The van der Waals surface area contributed by atoms with E-state index in [4.69, 9.17) is 0 Å². The topological polar surface area (TPSA) is 3.24 Å². The van der Waals surface area contributed by atoms with Crippen molar-refractivity contribution in [1.82, 2.24) is 0 Å². The van der Waals surface area contributed by atoms with Crippen molar-refractivity contribution >= 4 is 38.6 Å². The van der Waals surface area contributed by atoms with E-state index in [-0.39, 0.29) is 0 Å². The minimum absolute atomic E-state index is 0.501. The predicted molar refractivity (Wildman–Crippen MR) is 295 cm³/mol. The van der Waals surface area contributed by atoms with Crippen LogP contribution in [-0.2, 0) is 5.41 Å². The van der Waals surface area contributed by atoms with Gasteiger partial charge in [-0.2, -0.15) is 0 Å². The van der Waals surface area contributed by atoms with Crippen LogP contribution >= 0.6 is 0 Å². The normalized spacial score (nSPS) is 12.4. The summed E-state index contributed by atoms with van der Waals surface area (Å²) < 4.78 is 0. The lowest BCUT2D eigenvalue weighted by atomic mass is 9.67. The molecule has 0 saturated heterocycles. The van der Waals surface area contributed by atoms with Crippen molar-refractivity contribution in [2.24, 2.45) is 0 Å². The van der Waals surface area contributed by atoms with E-state index in [1.807, 2.05) is 0 Å². The van der Waals surface area contributed by atoms with Gasteiger partial charge in [-0.1, -0.05) is 255 Å². The first-order chi connectivity index (χ1) is 34.7. The molecule has 0 bridgehead atoms. The van der Waals surface area contributed by atoms with Gasteiger partial charge in [0.05, 0.1) is 11.1 Å². The fraction of sp³-hybridized carbons (Fsp3) is 0.0145. The van der Waals surface area contributed by atoms with Crippen molar-refractivity contribution in [3.05, 3.63) is 307 Å². The molecule has 70 heavy (non-hydrogen) atoms. The molecule has 13 rings (SSSR count). The summed E-state index contributed by atoms with van der Waals surface area (Å²) in [6.07, 6.45) is 0. The lowest BCUT2D eigenvalue weighted by molar-refractivity contribution is 0.768. The summed E-state index contributed by atoms with van der Waals surface area (Å²) in [5.41, 5.74) is 20.0. The van der Waals surface area contributed by atoms with Gasteiger partial charge < -0.3 is 4.90 Å². The van der Waals surface area contributed by atoms with Crippen LogP contribution in [0.4, 0.5) is 17.1 Å². The van der Waals surface area contributed by atoms with Crippen LogP contribution in [0.3, 0.4) is 0 Å². The number of rotatable bonds is 9. The van der Waals surface area contributed by atoms with E-state index < -0.39 is 5.41 Å². The number of para-hydroxylation sites is 1. The highest BCUT2D eigenvalue weighted by molar-refractivity contribution is 6.01. The Labute approximate surface area is 409 Å². The fourth-order valence-electron chi connectivity index (χ4n) is 11.4. The molecule has 1 aliphatic rings. The van der Waals surface area contributed by atoms with Crippen molar-refractivity contribution < 1.29 is 0 Å². The van der Waals surface area contributed by atoms with Gasteiger partial charge in [0.2, 0.25) is 0 Å². The van der Waals surface area contributed by atoms with E-state index in [0.29, 0.717) is 0 Å². The Morgan fingerprint density at radius 1 is 0.243 bits per heavy atom. The Hall–Kier alpha value is -9.04. The maximum atomic E-state index is 2.44. The Morgan fingerprint density at radius 2 is 0.629 bits per heavy atom. The maximum absolute atomic E-state index is 2.44. The molecule has 1 aliphatic carbocycles. The standard InChI is InChI=1S/C69H47N/c1-3-22-54(23-4-1)69(55-24-5-2-6-25-55)65-33-13-11-29-64(65)68-63(32-17-34-66(68)69)62-28-12-14-35-67(62)70(57-46-42-53(43-47-57)61-31-16-21-51-19-8-10-27-59(51)61)56-44-40-49(41-45-56)48-36-38-52(39-37-48)60-30-15-20-50-18-7-9-26-58(50)60/h1-47H. The first-order valence-electron chi connectivity index (χ1n) is 24.2. The number of benzene rings is 12.